The van der Waals surface area contributed by atoms with Crippen molar-refractivity contribution in [3.05, 3.63) is 82.9 Å². The van der Waals surface area contributed by atoms with Crippen molar-refractivity contribution in [2.45, 2.75) is 44.6 Å². The number of rotatable bonds is 12. The number of carbonyl (C=O) groups excluding carboxylic acids is 4. The molecule has 0 aromatic heterocycles. The zero-order valence-corrected chi connectivity index (χ0v) is 32.5. The van der Waals surface area contributed by atoms with E-state index in [9.17, 15) is 27.6 Å². The van der Waals surface area contributed by atoms with Gasteiger partial charge in [0.1, 0.15) is 9.84 Å². The number of benzene rings is 3. The van der Waals surface area contributed by atoms with Crippen molar-refractivity contribution >= 4 is 44.8 Å². The molecule has 0 bridgehead atoms. The number of ether oxygens (including phenoxy) is 2. The summed E-state index contributed by atoms with van der Waals surface area (Å²) < 4.78 is 36.3. The van der Waals surface area contributed by atoms with E-state index >= 15 is 0 Å². The van der Waals surface area contributed by atoms with Crippen LogP contribution >= 0.6 is 0 Å². The number of anilines is 2. The van der Waals surface area contributed by atoms with E-state index in [0.717, 1.165) is 86.7 Å². The third-order valence-electron chi connectivity index (χ3n) is 11.3. The first kappa shape index (κ1) is 38.3. The Hall–Kier alpha value is -4.95. The van der Waals surface area contributed by atoms with Crippen LogP contribution < -0.4 is 24.6 Å². The van der Waals surface area contributed by atoms with Crippen LogP contribution in [0.25, 0.3) is 0 Å². The predicted octanol–water partition coefficient (Wildman–Crippen LogP) is 4.03. The molecule has 4 aliphatic heterocycles. The molecule has 3 saturated heterocycles. The molecular weight excluding hydrogens is 723 g/mol. The molecule has 3 aromatic carbocycles. The van der Waals surface area contributed by atoms with Gasteiger partial charge in [0.15, 0.2) is 11.5 Å². The molecule has 4 heterocycles. The van der Waals surface area contributed by atoms with Gasteiger partial charge >= 0.3 is 0 Å². The minimum absolute atomic E-state index is 0.200. The highest BCUT2D eigenvalue weighted by atomic mass is 32.2. The third kappa shape index (κ3) is 8.35. The first-order chi connectivity index (χ1) is 26.4. The summed E-state index contributed by atoms with van der Waals surface area (Å²) in [6.07, 6.45) is 4.21. The number of nitrogens with zero attached hydrogens (tertiary/aromatic N) is 4. The smallest absolute Gasteiger partial charge is 0.262 e. The highest BCUT2D eigenvalue weighted by molar-refractivity contribution is 7.90. The van der Waals surface area contributed by atoms with Gasteiger partial charge < -0.3 is 19.3 Å². The minimum atomic E-state index is -3.60. The molecule has 1 N–H and O–H groups in total. The molecular formula is C41H49N5O8S. The molecule has 292 valence electrons. The van der Waals surface area contributed by atoms with Crippen LogP contribution in [0, 0.1) is 5.92 Å². The second-order valence-electron chi connectivity index (χ2n) is 15.0. The number of carbonyl (C=O) groups is 4. The van der Waals surface area contributed by atoms with Gasteiger partial charge in [0, 0.05) is 69.9 Å². The van der Waals surface area contributed by atoms with Crippen LogP contribution in [-0.4, -0.2) is 113 Å². The summed E-state index contributed by atoms with van der Waals surface area (Å²) in [5.74, 6) is -0.683. The van der Waals surface area contributed by atoms with Crippen LogP contribution in [0.5, 0.6) is 11.5 Å². The Morgan fingerprint density at radius 1 is 0.782 bits per heavy atom. The van der Waals surface area contributed by atoms with Gasteiger partial charge in [-0.3, -0.25) is 34.3 Å². The lowest BCUT2D eigenvalue weighted by molar-refractivity contribution is -0.134. The zero-order chi connectivity index (χ0) is 38.9. The average molecular weight is 772 g/mol. The number of imide groups is 2. The summed E-state index contributed by atoms with van der Waals surface area (Å²) in [6.45, 7) is 8.48. The highest BCUT2D eigenvalue weighted by Gasteiger charge is 2.42. The number of hydrogen-bond acceptors (Lipinski definition) is 11. The quantitative estimate of drug-likeness (QED) is 0.267. The molecule has 0 spiro atoms. The number of methoxy groups -OCH3 is 1. The Morgan fingerprint density at radius 3 is 2.11 bits per heavy atom. The van der Waals surface area contributed by atoms with Crippen LogP contribution in [-0.2, 0) is 19.4 Å². The lowest BCUT2D eigenvalue weighted by atomic mass is 9.90. The topological polar surface area (TPSA) is 146 Å². The number of sulfone groups is 1. The Kier molecular flexibility index (Phi) is 11.2. The summed E-state index contributed by atoms with van der Waals surface area (Å²) >= 11 is 0. The number of amides is 4. The Bertz CT molecular complexity index is 2060. The molecule has 0 aliphatic carbocycles. The van der Waals surface area contributed by atoms with E-state index in [1.165, 1.54) is 7.11 Å². The van der Waals surface area contributed by atoms with E-state index in [0.29, 0.717) is 42.4 Å². The number of nitrogens with one attached hydrogen (secondary N) is 1. The summed E-state index contributed by atoms with van der Waals surface area (Å²) in [6, 6.07) is 17.5. The number of hydrogen-bond donors (Lipinski definition) is 1. The second-order valence-corrected chi connectivity index (χ2v) is 17.2. The molecule has 55 heavy (non-hydrogen) atoms. The molecule has 3 fully saturated rings. The molecule has 13 nitrogen and oxygen atoms in total. The maximum absolute atomic E-state index is 14.0. The highest BCUT2D eigenvalue weighted by Crippen LogP contribution is 2.38. The van der Waals surface area contributed by atoms with E-state index in [-0.39, 0.29) is 28.9 Å². The maximum atomic E-state index is 14.0. The van der Waals surface area contributed by atoms with Crippen LogP contribution in [0.3, 0.4) is 0 Å². The van der Waals surface area contributed by atoms with E-state index in [2.05, 4.69) is 32.1 Å². The van der Waals surface area contributed by atoms with Crippen molar-refractivity contribution < 1.29 is 37.1 Å². The fourth-order valence-electron chi connectivity index (χ4n) is 8.36. The average Bonchev–Trinajstić information content (AvgIpc) is 3.42. The summed E-state index contributed by atoms with van der Waals surface area (Å²) in [7, 11) is -2.09. The SMILES string of the molecule is CCOc1cc([C@@H](CS(C)(=O)=O)N2C(=O)c3ccc(N4CCN(CC5CCN(c6ccc(C7CCC(=O)NC7=O)cc6)CC5)CC4)cc3C2=O)ccc1OC. The molecule has 2 atom stereocenters. The van der Waals surface area contributed by atoms with Crippen LogP contribution in [0.1, 0.15) is 76.4 Å². The Morgan fingerprint density at radius 2 is 1.45 bits per heavy atom. The van der Waals surface area contributed by atoms with Crippen molar-refractivity contribution in [3.8, 4) is 11.5 Å². The molecule has 7 rings (SSSR count). The number of piperidine rings is 2. The first-order valence-corrected chi connectivity index (χ1v) is 21.1. The fourth-order valence-corrected chi connectivity index (χ4v) is 9.27. The monoisotopic (exact) mass is 771 g/mol. The maximum Gasteiger partial charge on any atom is 0.262 e. The van der Waals surface area contributed by atoms with Gasteiger partial charge in [0.25, 0.3) is 11.8 Å². The van der Waals surface area contributed by atoms with Gasteiger partial charge in [-0.1, -0.05) is 18.2 Å². The van der Waals surface area contributed by atoms with Gasteiger partial charge in [-0.05, 0) is 85.7 Å². The normalized spacial score (nSPS) is 20.4. The lowest BCUT2D eigenvalue weighted by Gasteiger charge is -2.40. The van der Waals surface area contributed by atoms with Crippen LogP contribution in [0.2, 0.25) is 0 Å². The Labute approximate surface area is 322 Å². The van der Waals surface area contributed by atoms with Crippen molar-refractivity contribution in [2.24, 2.45) is 5.92 Å². The van der Waals surface area contributed by atoms with Gasteiger partial charge in [0.05, 0.1) is 42.6 Å². The van der Waals surface area contributed by atoms with E-state index in [1.807, 2.05) is 25.1 Å². The van der Waals surface area contributed by atoms with E-state index in [1.54, 1.807) is 30.3 Å². The summed E-state index contributed by atoms with van der Waals surface area (Å²) in [5, 5.41) is 2.45. The molecule has 3 aromatic rings. The first-order valence-electron chi connectivity index (χ1n) is 19.1. The largest absolute Gasteiger partial charge is 0.493 e. The lowest BCUT2D eigenvalue weighted by Crippen LogP contribution is -2.49. The van der Waals surface area contributed by atoms with Crippen LogP contribution in [0.15, 0.2) is 60.7 Å². The van der Waals surface area contributed by atoms with Crippen LogP contribution in [0.4, 0.5) is 11.4 Å². The van der Waals surface area contributed by atoms with Crippen molar-refractivity contribution in [1.29, 1.82) is 0 Å². The van der Waals surface area contributed by atoms with Crippen molar-refractivity contribution in [2.75, 3.05) is 81.3 Å². The molecule has 1 unspecified atom stereocenters. The molecule has 4 amide bonds. The second kappa shape index (κ2) is 16.0. The van der Waals surface area contributed by atoms with Gasteiger partial charge in [-0.2, -0.15) is 0 Å². The zero-order valence-electron chi connectivity index (χ0n) is 31.7. The number of piperazine rings is 1. The van der Waals surface area contributed by atoms with Crippen molar-refractivity contribution in [3.63, 3.8) is 0 Å². The van der Waals surface area contributed by atoms with Gasteiger partial charge in [-0.15, -0.1) is 0 Å². The van der Waals surface area contributed by atoms with E-state index in [4.69, 9.17) is 9.47 Å². The van der Waals surface area contributed by atoms with Gasteiger partial charge in [0.2, 0.25) is 11.8 Å². The summed E-state index contributed by atoms with van der Waals surface area (Å²) in [4.78, 5) is 59.8. The molecule has 0 saturated carbocycles. The number of fused-ring (bicyclic) bond motifs is 1. The fraction of sp³-hybridized carbons (Fsp3) is 0.463. The molecule has 0 radical (unpaired) electrons. The standard InChI is InChI=1S/C41H49N5O8S/c1-4-54-37-23-29(7-13-36(37)53-2)35(26-55(3,51)52)46-40(49)33-11-10-31(24-34(33)41(46)50)45-21-19-43(20-22-45)25-27-15-17-44(18-16-27)30-8-5-28(6-9-30)32-12-14-38(47)42-39(32)48/h5-11,13,23-24,27,32,35H,4,12,14-22,25-26H2,1-3H3,(H,42,47,48)/t32?,35-/m1/s1. The van der Waals surface area contributed by atoms with Crippen molar-refractivity contribution in [1.82, 2.24) is 15.1 Å². The summed E-state index contributed by atoms with van der Waals surface area (Å²) in [5.41, 5.74) is 3.97. The Balaban J connectivity index is 0.944. The molecule has 14 heteroatoms. The third-order valence-corrected chi connectivity index (χ3v) is 12.2. The minimum Gasteiger partial charge on any atom is -0.493 e. The predicted molar refractivity (Wildman–Crippen MR) is 209 cm³/mol. The molecule has 4 aliphatic rings. The van der Waals surface area contributed by atoms with E-state index < -0.39 is 33.4 Å². The van der Waals surface area contributed by atoms with Gasteiger partial charge in [-0.25, -0.2) is 8.42 Å².